The van der Waals surface area contributed by atoms with Crippen LogP contribution in [0.4, 0.5) is 0 Å². The summed E-state index contributed by atoms with van der Waals surface area (Å²) in [6.45, 7) is 3.43. The van der Waals surface area contributed by atoms with Crippen LogP contribution >= 0.6 is 11.6 Å². The summed E-state index contributed by atoms with van der Waals surface area (Å²) in [5.41, 5.74) is 0.216. The van der Waals surface area contributed by atoms with Crippen molar-refractivity contribution >= 4 is 23.5 Å². The topological polar surface area (TPSA) is 79.3 Å². The van der Waals surface area contributed by atoms with Gasteiger partial charge < -0.3 is 10.4 Å². The Morgan fingerprint density at radius 2 is 2.12 bits per heavy atom. The van der Waals surface area contributed by atoms with Crippen LogP contribution in [0.5, 0.6) is 0 Å². The predicted octanol–water partition coefficient (Wildman–Crippen LogP) is 1.57. The number of hydrogen-bond donors (Lipinski definition) is 2. The van der Waals surface area contributed by atoms with E-state index in [1.54, 1.807) is 13.8 Å². The molecule has 0 aliphatic heterocycles. The summed E-state index contributed by atoms with van der Waals surface area (Å²) in [7, 11) is 0. The predicted molar refractivity (Wildman–Crippen MR) is 63.0 cm³/mol. The molecule has 0 fully saturated rings. The number of carboxylic acid groups (broad SMARTS) is 1. The van der Waals surface area contributed by atoms with Crippen molar-refractivity contribution in [2.24, 2.45) is 5.92 Å². The highest BCUT2D eigenvalue weighted by atomic mass is 35.5. The number of carbonyl (C=O) groups is 2. The molecule has 0 unspecified atom stereocenters. The Labute approximate surface area is 104 Å². The number of aliphatic carboxylic acids is 1. The second-order valence-corrected chi connectivity index (χ2v) is 4.30. The lowest BCUT2D eigenvalue weighted by molar-refractivity contribution is -0.140. The zero-order valence-corrected chi connectivity index (χ0v) is 10.2. The molecular formula is C11H13ClN2O3. The van der Waals surface area contributed by atoms with Crippen LogP contribution in [0.15, 0.2) is 18.5 Å². The normalized spacial score (nSPS) is 12.2. The zero-order valence-electron chi connectivity index (χ0n) is 9.48. The van der Waals surface area contributed by atoms with E-state index in [1.807, 2.05) is 0 Å². The van der Waals surface area contributed by atoms with E-state index in [4.69, 9.17) is 16.7 Å². The average Bonchev–Trinajstić information content (AvgIpc) is 2.25. The lowest BCUT2D eigenvalue weighted by Crippen LogP contribution is -2.44. The summed E-state index contributed by atoms with van der Waals surface area (Å²) in [6, 6.07) is 0.503. The maximum atomic E-state index is 11.8. The monoisotopic (exact) mass is 256 g/mol. The number of pyridine rings is 1. The molecule has 0 aliphatic carbocycles. The van der Waals surface area contributed by atoms with Crippen molar-refractivity contribution < 1.29 is 14.7 Å². The minimum absolute atomic E-state index is 0.192. The van der Waals surface area contributed by atoms with E-state index in [1.165, 1.54) is 18.5 Å². The minimum Gasteiger partial charge on any atom is -0.480 e. The van der Waals surface area contributed by atoms with E-state index in [0.29, 0.717) is 0 Å². The summed E-state index contributed by atoms with van der Waals surface area (Å²) in [5.74, 6) is -1.80. The molecule has 0 saturated heterocycles. The molecule has 6 heteroatoms. The minimum atomic E-state index is -1.07. The van der Waals surface area contributed by atoms with Gasteiger partial charge in [-0.3, -0.25) is 9.78 Å². The standard InChI is InChI=1S/C11H13ClN2O3/c1-6(2)9(11(16)17)14-10(15)7-3-4-13-5-8(7)12/h3-6,9H,1-2H3,(H,14,15)(H,16,17)/t9-/m1/s1. The lowest BCUT2D eigenvalue weighted by Gasteiger charge is -2.18. The van der Waals surface area contributed by atoms with Gasteiger partial charge in [-0.05, 0) is 12.0 Å². The molecule has 1 heterocycles. The SMILES string of the molecule is CC(C)[C@@H](NC(=O)c1ccncc1Cl)C(=O)O. The molecule has 1 amide bonds. The quantitative estimate of drug-likeness (QED) is 0.857. The molecule has 17 heavy (non-hydrogen) atoms. The van der Waals surface area contributed by atoms with Gasteiger partial charge in [0.05, 0.1) is 10.6 Å². The van der Waals surface area contributed by atoms with E-state index < -0.39 is 17.9 Å². The first-order valence-corrected chi connectivity index (χ1v) is 5.44. The smallest absolute Gasteiger partial charge is 0.326 e. The molecule has 0 bridgehead atoms. The van der Waals surface area contributed by atoms with Gasteiger partial charge in [-0.2, -0.15) is 0 Å². The van der Waals surface area contributed by atoms with Crippen LogP contribution in [0.25, 0.3) is 0 Å². The summed E-state index contributed by atoms with van der Waals surface area (Å²) >= 11 is 5.79. The number of hydrogen-bond acceptors (Lipinski definition) is 3. The van der Waals surface area contributed by atoms with E-state index >= 15 is 0 Å². The second-order valence-electron chi connectivity index (χ2n) is 3.89. The number of rotatable bonds is 4. The van der Waals surface area contributed by atoms with Gasteiger partial charge in [-0.15, -0.1) is 0 Å². The number of amides is 1. The van der Waals surface area contributed by atoms with Crippen molar-refractivity contribution in [3.63, 3.8) is 0 Å². The van der Waals surface area contributed by atoms with E-state index in [2.05, 4.69) is 10.3 Å². The Morgan fingerprint density at radius 1 is 1.47 bits per heavy atom. The number of nitrogens with one attached hydrogen (secondary N) is 1. The lowest BCUT2D eigenvalue weighted by atomic mass is 10.0. The third kappa shape index (κ3) is 3.42. The second kappa shape index (κ2) is 5.63. The Kier molecular flexibility index (Phi) is 4.45. The van der Waals surface area contributed by atoms with Gasteiger partial charge in [0.15, 0.2) is 0 Å². The highest BCUT2D eigenvalue weighted by Crippen LogP contribution is 2.14. The first-order chi connectivity index (χ1) is 7.93. The van der Waals surface area contributed by atoms with Crippen LogP contribution in [0, 0.1) is 5.92 Å². The molecule has 92 valence electrons. The van der Waals surface area contributed by atoms with Crippen LogP contribution in [0.3, 0.4) is 0 Å². The molecule has 1 atom stereocenters. The van der Waals surface area contributed by atoms with Crippen LogP contribution in [-0.2, 0) is 4.79 Å². The van der Waals surface area contributed by atoms with Crippen molar-refractivity contribution in [3.8, 4) is 0 Å². The van der Waals surface area contributed by atoms with E-state index in [9.17, 15) is 9.59 Å². The molecule has 1 aromatic heterocycles. The average molecular weight is 257 g/mol. The van der Waals surface area contributed by atoms with Gasteiger partial charge in [-0.1, -0.05) is 25.4 Å². The molecule has 0 aliphatic rings. The molecule has 0 aromatic carbocycles. The van der Waals surface area contributed by atoms with E-state index in [0.717, 1.165) is 0 Å². The van der Waals surface area contributed by atoms with Gasteiger partial charge in [0.25, 0.3) is 5.91 Å². The number of nitrogens with zero attached hydrogens (tertiary/aromatic N) is 1. The molecule has 0 spiro atoms. The van der Waals surface area contributed by atoms with Crippen LogP contribution in [0.2, 0.25) is 5.02 Å². The van der Waals surface area contributed by atoms with Crippen LogP contribution in [-0.4, -0.2) is 28.0 Å². The summed E-state index contributed by atoms with van der Waals surface area (Å²) in [6.07, 6.45) is 2.76. The van der Waals surface area contributed by atoms with Gasteiger partial charge in [0.2, 0.25) is 0 Å². The van der Waals surface area contributed by atoms with Crippen molar-refractivity contribution in [1.82, 2.24) is 10.3 Å². The molecule has 1 rings (SSSR count). The summed E-state index contributed by atoms with van der Waals surface area (Å²) < 4.78 is 0. The van der Waals surface area contributed by atoms with Crippen LogP contribution < -0.4 is 5.32 Å². The first kappa shape index (κ1) is 13.4. The highest BCUT2D eigenvalue weighted by Gasteiger charge is 2.24. The third-order valence-corrected chi connectivity index (χ3v) is 2.54. The summed E-state index contributed by atoms with van der Waals surface area (Å²) in [5, 5.41) is 11.6. The Bertz CT molecular complexity index is 434. The highest BCUT2D eigenvalue weighted by molar-refractivity contribution is 6.33. The Hall–Kier alpha value is -1.62. The molecule has 0 saturated carbocycles. The van der Waals surface area contributed by atoms with Crippen molar-refractivity contribution in [2.45, 2.75) is 19.9 Å². The number of halogens is 1. The number of carboxylic acids is 1. The van der Waals surface area contributed by atoms with Gasteiger partial charge in [-0.25, -0.2) is 4.79 Å². The maximum absolute atomic E-state index is 11.8. The van der Waals surface area contributed by atoms with Crippen LogP contribution in [0.1, 0.15) is 24.2 Å². The molecule has 5 nitrogen and oxygen atoms in total. The fourth-order valence-electron chi connectivity index (χ4n) is 1.29. The fraction of sp³-hybridized carbons (Fsp3) is 0.364. The number of aromatic nitrogens is 1. The maximum Gasteiger partial charge on any atom is 0.326 e. The molecular weight excluding hydrogens is 244 g/mol. The largest absolute Gasteiger partial charge is 0.480 e. The summed E-state index contributed by atoms with van der Waals surface area (Å²) in [4.78, 5) is 26.5. The van der Waals surface area contributed by atoms with Crippen molar-refractivity contribution in [3.05, 3.63) is 29.0 Å². The van der Waals surface area contributed by atoms with E-state index in [-0.39, 0.29) is 16.5 Å². The molecule has 0 radical (unpaired) electrons. The Balaban J connectivity index is 2.85. The van der Waals surface area contributed by atoms with Gasteiger partial charge >= 0.3 is 5.97 Å². The Morgan fingerprint density at radius 3 is 2.59 bits per heavy atom. The first-order valence-electron chi connectivity index (χ1n) is 5.06. The van der Waals surface area contributed by atoms with Gasteiger partial charge in [0, 0.05) is 12.4 Å². The third-order valence-electron chi connectivity index (χ3n) is 2.24. The molecule has 2 N–H and O–H groups in total. The fourth-order valence-corrected chi connectivity index (χ4v) is 1.50. The van der Waals surface area contributed by atoms with Crippen molar-refractivity contribution in [2.75, 3.05) is 0 Å². The van der Waals surface area contributed by atoms with Crippen molar-refractivity contribution in [1.29, 1.82) is 0 Å². The number of carbonyl (C=O) groups excluding carboxylic acids is 1. The van der Waals surface area contributed by atoms with Gasteiger partial charge in [0.1, 0.15) is 6.04 Å². The zero-order chi connectivity index (χ0) is 13.0. The molecule has 1 aromatic rings.